The zero-order valence-electron chi connectivity index (χ0n) is 11.0. The zero-order chi connectivity index (χ0) is 12.6. The van der Waals surface area contributed by atoms with Gasteiger partial charge in [0, 0.05) is 0 Å². The largest absolute Gasteiger partial charge is 0.480 e. The third-order valence-electron chi connectivity index (χ3n) is 1.64. The summed E-state index contributed by atoms with van der Waals surface area (Å²) in [6.45, 7) is 9.94. The lowest BCUT2D eigenvalue weighted by atomic mass is 10.4. The van der Waals surface area contributed by atoms with Crippen molar-refractivity contribution in [1.29, 1.82) is 0 Å². The molecule has 0 aliphatic carbocycles. The molecule has 2 heterocycles. The molecule has 0 unspecified atom stereocenters. The predicted molar refractivity (Wildman–Crippen MR) is 67.0 cm³/mol. The highest BCUT2D eigenvalue weighted by Gasteiger charge is 2.00. The second-order valence-corrected chi connectivity index (χ2v) is 2.56. The van der Waals surface area contributed by atoms with E-state index in [0.29, 0.717) is 5.88 Å². The second-order valence-electron chi connectivity index (χ2n) is 2.56. The molecule has 4 heteroatoms. The Morgan fingerprint density at radius 1 is 1.12 bits per heavy atom. The van der Waals surface area contributed by atoms with E-state index in [1.807, 2.05) is 46.8 Å². The van der Waals surface area contributed by atoms with E-state index in [1.54, 1.807) is 17.8 Å². The summed E-state index contributed by atoms with van der Waals surface area (Å²) in [5.41, 5.74) is 1.76. The molecule has 0 fully saturated rings. The molecule has 2 aromatic heterocycles. The van der Waals surface area contributed by atoms with Crippen LogP contribution in [0.25, 0.3) is 5.65 Å². The van der Waals surface area contributed by atoms with Gasteiger partial charge in [-0.2, -0.15) is 10.1 Å². The molecule has 16 heavy (non-hydrogen) atoms. The van der Waals surface area contributed by atoms with Gasteiger partial charge in [0.1, 0.15) is 0 Å². The maximum atomic E-state index is 4.97. The van der Waals surface area contributed by atoms with E-state index in [4.69, 9.17) is 4.74 Å². The Bertz CT molecular complexity index is 410. The molecule has 0 radical (unpaired) electrons. The summed E-state index contributed by atoms with van der Waals surface area (Å²) in [5, 5.41) is 4.22. The van der Waals surface area contributed by atoms with Gasteiger partial charge in [-0.15, -0.1) is 0 Å². The van der Waals surface area contributed by atoms with Gasteiger partial charge in [0.2, 0.25) is 5.88 Å². The molecule has 0 aromatic carbocycles. The molecular weight excluding hydrogens is 202 g/mol. The van der Waals surface area contributed by atoms with E-state index >= 15 is 0 Å². The third-order valence-corrected chi connectivity index (χ3v) is 1.64. The lowest BCUT2D eigenvalue weighted by Crippen LogP contribution is -1.91. The van der Waals surface area contributed by atoms with Gasteiger partial charge in [-0.3, -0.25) is 0 Å². The van der Waals surface area contributed by atoms with Crippen LogP contribution in [0.4, 0.5) is 0 Å². The first-order valence-corrected chi connectivity index (χ1v) is 5.66. The maximum Gasteiger partial charge on any atom is 0.234 e. The molecule has 0 spiro atoms. The SMILES string of the molecule is CC.CC.COc1cn2nc(C)ccc2n1. The Hall–Kier alpha value is -1.58. The number of imidazole rings is 1. The second kappa shape index (κ2) is 7.68. The van der Waals surface area contributed by atoms with Crippen molar-refractivity contribution in [3.05, 3.63) is 24.0 Å². The van der Waals surface area contributed by atoms with Crippen LogP contribution >= 0.6 is 0 Å². The number of nitrogens with zero attached hydrogens (tertiary/aromatic N) is 3. The smallest absolute Gasteiger partial charge is 0.234 e. The first-order chi connectivity index (χ1) is 7.79. The lowest BCUT2D eigenvalue weighted by molar-refractivity contribution is 0.400. The van der Waals surface area contributed by atoms with E-state index in [1.165, 1.54) is 0 Å². The Labute approximate surface area is 97.3 Å². The minimum absolute atomic E-state index is 0.591. The Kier molecular flexibility index (Phi) is 6.92. The fourth-order valence-electron chi connectivity index (χ4n) is 1.05. The van der Waals surface area contributed by atoms with Crippen LogP contribution in [0.5, 0.6) is 5.88 Å². The number of ether oxygens (including phenoxy) is 1. The minimum Gasteiger partial charge on any atom is -0.480 e. The van der Waals surface area contributed by atoms with Crippen molar-refractivity contribution in [1.82, 2.24) is 14.6 Å². The standard InChI is InChI=1S/C8H9N3O.2C2H6/c1-6-3-4-7-9-8(12-2)5-11(7)10-6;2*1-2/h3-5H,1-2H3;2*1-2H3. The van der Waals surface area contributed by atoms with Crippen molar-refractivity contribution in [3.63, 3.8) is 0 Å². The predicted octanol–water partition coefficient (Wildman–Crippen LogP) is 3.10. The van der Waals surface area contributed by atoms with Gasteiger partial charge in [-0.1, -0.05) is 27.7 Å². The molecule has 0 aliphatic heterocycles. The van der Waals surface area contributed by atoms with Gasteiger partial charge in [0.25, 0.3) is 0 Å². The van der Waals surface area contributed by atoms with Crippen LogP contribution in [0, 0.1) is 6.92 Å². The number of hydrogen-bond donors (Lipinski definition) is 0. The molecule has 0 atom stereocenters. The molecule has 0 saturated carbocycles. The highest BCUT2D eigenvalue weighted by Crippen LogP contribution is 2.09. The molecule has 2 rings (SSSR count). The van der Waals surface area contributed by atoms with Crippen molar-refractivity contribution in [3.8, 4) is 5.88 Å². The Balaban J connectivity index is 0.000000509. The summed E-state index contributed by atoms with van der Waals surface area (Å²) in [5.74, 6) is 0.591. The molecule has 0 aliphatic rings. The number of aryl methyl sites for hydroxylation is 1. The van der Waals surface area contributed by atoms with E-state index in [9.17, 15) is 0 Å². The van der Waals surface area contributed by atoms with Gasteiger partial charge in [-0.25, -0.2) is 4.52 Å². The number of hydrogen-bond acceptors (Lipinski definition) is 3. The first-order valence-electron chi connectivity index (χ1n) is 5.66. The zero-order valence-corrected chi connectivity index (χ0v) is 11.0. The van der Waals surface area contributed by atoms with Gasteiger partial charge < -0.3 is 4.74 Å². The van der Waals surface area contributed by atoms with Crippen molar-refractivity contribution >= 4 is 5.65 Å². The fraction of sp³-hybridized carbons (Fsp3) is 0.500. The summed E-state index contributed by atoms with van der Waals surface area (Å²) in [6.07, 6.45) is 1.75. The van der Waals surface area contributed by atoms with Crippen molar-refractivity contribution < 1.29 is 4.74 Å². The monoisotopic (exact) mass is 223 g/mol. The maximum absolute atomic E-state index is 4.97. The van der Waals surface area contributed by atoms with Crippen LogP contribution in [-0.4, -0.2) is 21.7 Å². The number of rotatable bonds is 1. The molecule has 0 bridgehead atoms. The van der Waals surface area contributed by atoms with E-state index in [-0.39, 0.29) is 0 Å². The van der Waals surface area contributed by atoms with Crippen LogP contribution in [0.2, 0.25) is 0 Å². The molecule has 0 amide bonds. The minimum atomic E-state index is 0.591. The van der Waals surface area contributed by atoms with Gasteiger partial charge in [0.05, 0.1) is 19.0 Å². The van der Waals surface area contributed by atoms with E-state index in [2.05, 4.69) is 10.1 Å². The summed E-state index contributed by atoms with van der Waals surface area (Å²) < 4.78 is 6.67. The fourth-order valence-corrected chi connectivity index (χ4v) is 1.05. The van der Waals surface area contributed by atoms with Crippen molar-refractivity contribution in [2.75, 3.05) is 7.11 Å². The summed E-state index contributed by atoms with van der Waals surface area (Å²) in [7, 11) is 1.59. The quantitative estimate of drug-likeness (QED) is 0.745. The first kappa shape index (κ1) is 14.4. The van der Waals surface area contributed by atoms with Crippen LogP contribution < -0.4 is 4.74 Å². The van der Waals surface area contributed by atoms with E-state index < -0.39 is 0 Å². The molecule has 0 N–H and O–H groups in total. The molecule has 90 valence electrons. The molecule has 4 nitrogen and oxygen atoms in total. The average molecular weight is 223 g/mol. The third kappa shape index (κ3) is 3.53. The Morgan fingerprint density at radius 3 is 2.31 bits per heavy atom. The van der Waals surface area contributed by atoms with Crippen LogP contribution in [0.15, 0.2) is 18.3 Å². The molecular formula is C12H21N3O. The topological polar surface area (TPSA) is 39.4 Å². The highest BCUT2D eigenvalue weighted by atomic mass is 16.5. The van der Waals surface area contributed by atoms with Crippen LogP contribution in [-0.2, 0) is 0 Å². The number of fused-ring (bicyclic) bond motifs is 1. The molecule has 2 aromatic rings. The number of aromatic nitrogens is 3. The van der Waals surface area contributed by atoms with Crippen molar-refractivity contribution in [2.24, 2.45) is 0 Å². The normalized spacial score (nSPS) is 8.62. The summed E-state index contributed by atoms with van der Waals surface area (Å²) in [4.78, 5) is 4.15. The van der Waals surface area contributed by atoms with Gasteiger partial charge in [0.15, 0.2) is 5.65 Å². The summed E-state index contributed by atoms with van der Waals surface area (Å²) in [6, 6.07) is 3.83. The lowest BCUT2D eigenvalue weighted by Gasteiger charge is -1.91. The summed E-state index contributed by atoms with van der Waals surface area (Å²) >= 11 is 0. The highest BCUT2D eigenvalue weighted by molar-refractivity contribution is 5.40. The van der Waals surface area contributed by atoms with Crippen LogP contribution in [0.1, 0.15) is 33.4 Å². The average Bonchev–Trinajstić information content (AvgIpc) is 2.76. The molecule has 0 saturated heterocycles. The van der Waals surface area contributed by atoms with Gasteiger partial charge >= 0.3 is 0 Å². The Morgan fingerprint density at radius 2 is 1.75 bits per heavy atom. The van der Waals surface area contributed by atoms with Gasteiger partial charge in [-0.05, 0) is 19.1 Å². The number of methoxy groups -OCH3 is 1. The van der Waals surface area contributed by atoms with E-state index in [0.717, 1.165) is 11.3 Å². The van der Waals surface area contributed by atoms with Crippen LogP contribution in [0.3, 0.4) is 0 Å². The van der Waals surface area contributed by atoms with Crippen molar-refractivity contribution in [2.45, 2.75) is 34.6 Å².